The van der Waals surface area contributed by atoms with Gasteiger partial charge in [0.15, 0.2) is 11.4 Å². The lowest BCUT2D eigenvalue weighted by Crippen LogP contribution is -2.08. The van der Waals surface area contributed by atoms with E-state index in [4.69, 9.17) is 4.42 Å². The fourth-order valence-electron chi connectivity index (χ4n) is 2.07. The van der Waals surface area contributed by atoms with E-state index in [2.05, 4.69) is 0 Å². The molecule has 5 heteroatoms. The Morgan fingerprint density at radius 1 is 1.15 bits per heavy atom. The predicted molar refractivity (Wildman–Crippen MR) is 71.3 cm³/mol. The summed E-state index contributed by atoms with van der Waals surface area (Å²) in [6.07, 6.45) is 0. The maximum atomic E-state index is 13.1. The highest BCUT2D eigenvalue weighted by molar-refractivity contribution is 6.10. The fraction of sp³-hybridized carbons (Fsp3) is 0.0667. The summed E-state index contributed by atoms with van der Waals surface area (Å²) in [5.41, 5.74) is 1.53. The van der Waals surface area contributed by atoms with Gasteiger partial charge in [0.05, 0.1) is 5.52 Å². The molecule has 0 saturated heterocycles. The van der Waals surface area contributed by atoms with Crippen molar-refractivity contribution in [3.05, 3.63) is 70.0 Å². The number of aryl methyl sites for hydroxylation is 1. The van der Waals surface area contributed by atoms with Crippen molar-refractivity contribution in [3.63, 3.8) is 0 Å². The van der Waals surface area contributed by atoms with E-state index < -0.39 is 11.6 Å². The molecule has 100 valence electrons. The lowest BCUT2D eigenvalue weighted by atomic mass is 10.0. The maximum absolute atomic E-state index is 13.1. The number of fused-ring (bicyclic) bond motifs is 1. The van der Waals surface area contributed by atoms with Gasteiger partial charge in [-0.1, -0.05) is 12.1 Å². The minimum absolute atomic E-state index is 0.252. The van der Waals surface area contributed by atoms with Gasteiger partial charge in [0, 0.05) is 18.2 Å². The fourth-order valence-corrected chi connectivity index (χ4v) is 2.07. The Bertz CT molecular complexity index is 876. The van der Waals surface area contributed by atoms with E-state index in [0.717, 1.165) is 0 Å². The molecule has 0 aliphatic carbocycles. The average molecular weight is 271 g/mol. The number of benzene rings is 2. The molecular weight excluding hydrogens is 261 g/mol. The predicted octanol–water partition coefficient (Wildman–Crippen LogP) is 2.50. The van der Waals surface area contributed by atoms with Gasteiger partial charge in [-0.05, 0) is 30.3 Å². The monoisotopic (exact) mass is 271 g/mol. The first kappa shape index (κ1) is 12.3. The molecule has 4 nitrogen and oxygen atoms in total. The summed E-state index contributed by atoms with van der Waals surface area (Å²) < 4.78 is 19.5. The number of hydrogen-bond donors (Lipinski definition) is 0. The van der Waals surface area contributed by atoms with Crippen molar-refractivity contribution in [1.29, 1.82) is 0 Å². The normalized spacial score (nSPS) is 10.9. The van der Waals surface area contributed by atoms with Gasteiger partial charge in [-0.25, -0.2) is 9.18 Å². The van der Waals surface area contributed by atoms with Crippen LogP contribution in [0.15, 0.2) is 51.7 Å². The molecule has 1 heterocycles. The highest BCUT2D eigenvalue weighted by atomic mass is 19.1. The van der Waals surface area contributed by atoms with Gasteiger partial charge in [-0.2, -0.15) is 0 Å². The Labute approximate surface area is 113 Å². The second-order valence-electron chi connectivity index (χ2n) is 4.45. The minimum atomic E-state index is -0.490. The molecule has 0 amide bonds. The van der Waals surface area contributed by atoms with Crippen LogP contribution >= 0.6 is 0 Å². The molecule has 0 fully saturated rings. The molecule has 2 aromatic carbocycles. The second-order valence-corrected chi connectivity index (χ2v) is 4.45. The largest absolute Gasteiger partial charge is 0.419 e. The Balaban J connectivity index is 2.10. The molecule has 0 saturated carbocycles. The molecule has 0 unspecified atom stereocenters. The van der Waals surface area contributed by atoms with E-state index in [0.29, 0.717) is 16.7 Å². The lowest BCUT2D eigenvalue weighted by Gasteiger charge is -2.01. The molecule has 0 bridgehead atoms. The second kappa shape index (κ2) is 4.45. The average Bonchev–Trinajstić information content (AvgIpc) is 2.73. The topological polar surface area (TPSA) is 52.2 Å². The number of halogens is 1. The van der Waals surface area contributed by atoms with Crippen LogP contribution in [0.3, 0.4) is 0 Å². The molecule has 20 heavy (non-hydrogen) atoms. The molecule has 0 aliphatic heterocycles. The highest BCUT2D eigenvalue weighted by Crippen LogP contribution is 2.17. The summed E-state index contributed by atoms with van der Waals surface area (Å²) in [7, 11) is 1.59. The van der Waals surface area contributed by atoms with Crippen LogP contribution < -0.4 is 5.76 Å². The van der Waals surface area contributed by atoms with Gasteiger partial charge in [0.1, 0.15) is 5.82 Å². The van der Waals surface area contributed by atoms with E-state index in [1.165, 1.54) is 34.9 Å². The first-order chi connectivity index (χ1) is 9.56. The molecule has 0 aliphatic rings. The van der Waals surface area contributed by atoms with Crippen molar-refractivity contribution in [2.45, 2.75) is 0 Å². The third-order valence-electron chi connectivity index (χ3n) is 3.14. The Kier molecular flexibility index (Phi) is 2.75. The molecule has 3 aromatic rings. The molecule has 0 spiro atoms. The Hall–Kier alpha value is -2.69. The van der Waals surface area contributed by atoms with Crippen molar-refractivity contribution >= 4 is 16.9 Å². The zero-order valence-corrected chi connectivity index (χ0v) is 10.6. The van der Waals surface area contributed by atoms with Crippen LogP contribution in [0.2, 0.25) is 0 Å². The third kappa shape index (κ3) is 1.93. The van der Waals surface area contributed by atoms with Gasteiger partial charge >= 0.3 is 5.76 Å². The number of rotatable bonds is 2. The van der Waals surface area contributed by atoms with E-state index in [9.17, 15) is 14.0 Å². The van der Waals surface area contributed by atoms with Gasteiger partial charge in [0.2, 0.25) is 0 Å². The maximum Gasteiger partial charge on any atom is 0.419 e. The van der Waals surface area contributed by atoms with Crippen molar-refractivity contribution in [1.82, 2.24) is 4.57 Å². The molecule has 0 atom stereocenters. The van der Waals surface area contributed by atoms with Crippen LogP contribution in [0, 0.1) is 5.82 Å². The van der Waals surface area contributed by atoms with Crippen molar-refractivity contribution in [2.24, 2.45) is 7.05 Å². The summed E-state index contributed by atoms with van der Waals surface area (Å²) in [6, 6.07) is 10.2. The summed E-state index contributed by atoms with van der Waals surface area (Å²) in [6.45, 7) is 0. The molecule has 0 radical (unpaired) electrons. The molecule has 3 rings (SSSR count). The standard InChI is InChI=1S/C15H10FNO3/c1-17-12-6-5-10(8-13(12)20-15(17)19)14(18)9-3-2-4-11(16)7-9/h2-8H,1H3. The van der Waals surface area contributed by atoms with Crippen LogP contribution in [-0.2, 0) is 7.05 Å². The lowest BCUT2D eigenvalue weighted by molar-refractivity contribution is 0.103. The number of ketones is 1. The number of nitrogens with zero attached hydrogens (tertiary/aromatic N) is 1. The van der Waals surface area contributed by atoms with Gasteiger partial charge in [0.25, 0.3) is 0 Å². The summed E-state index contributed by atoms with van der Waals surface area (Å²) >= 11 is 0. The van der Waals surface area contributed by atoms with Gasteiger partial charge in [-0.3, -0.25) is 9.36 Å². The Morgan fingerprint density at radius 2 is 1.90 bits per heavy atom. The highest BCUT2D eigenvalue weighted by Gasteiger charge is 2.13. The van der Waals surface area contributed by atoms with E-state index in [-0.39, 0.29) is 11.3 Å². The summed E-state index contributed by atoms with van der Waals surface area (Å²) in [5.74, 6) is -1.28. The SMILES string of the molecule is Cn1c(=O)oc2cc(C(=O)c3cccc(F)c3)ccc21. The van der Waals surface area contributed by atoms with Gasteiger partial charge in [-0.15, -0.1) is 0 Å². The number of oxazole rings is 1. The van der Waals surface area contributed by atoms with Crippen LogP contribution in [-0.4, -0.2) is 10.4 Å². The quantitative estimate of drug-likeness (QED) is 0.673. The first-order valence-electron chi connectivity index (χ1n) is 5.96. The van der Waals surface area contributed by atoms with Crippen LogP contribution in [0.1, 0.15) is 15.9 Å². The number of hydrogen-bond acceptors (Lipinski definition) is 3. The van der Waals surface area contributed by atoms with Crippen LogP contribution in [0.25, 0.3) is 11.1 Å². The zero-order chi connectivity index (χ0) is 14.3. The number of carbonyl (C=O) groups excluding carboxylic acids is 1. The third-order valence-corrected chi connectivity index (χ3v) is 3.14. The number of carbonyl (C=O) groups is 1. The Morgan fingerprint density at radius 3 is 2.65 bits per heavy atom. The molecule has 0 N–H and O–H groups in total. The minimum Gasteiger partial charge on any atom is -0.408 e. The van der Waals surface area contributed by atoms with Crippen molar-refractivity contribution < 1.29 is 13.6 Å². The van der Waals surface area contributed by atoms with Crippen molar-refractivity contribution in [2.75, 3.05) is 0 Å². The van der Waals surface area contributed by atoms with E-state index in [1.54, 1.807) is 19.2 Å². The smallest absolute Gasteiger partial charge is 0.408 e. The molecular formula is C15H10FNO3. The van der Waals surface area contributed by atoms with Crippen LogP contribution in [0.4, 0.5) is 4.39 Å². The van der Waals surface area contributed by atoms with E-state index in [1.807, 2.05) is 0 Å². The van der Waals surface area contributed by atoms with Crippen molar-refractivity contribution in [3.8, 4) is 0 Å². The zero-order valence-electron chi connectivity index (χ0n) is 10.6. The first-order valence-corrected chi connectivity index (χ1v) is 5.96. The number of aromatic nitrogens is 1. The van der Waals surface area contributed by atoms with Crippen LogP contribution in [0.5, 0.6) is 0 Å². The van der Waals surface area contributed by atoms with E-state index >= 15 is 0 Å². The van der Waals surface area contributed by atoms with Gasteiger partial charge < -0.3 is 4.42 Å². The summed E-state index contributed by atoms with van der Waals surface area (Å²) in [4.78, 5) is 23.6. The summed E-state index contributed by atoms with van der Waals surface area (Å²) in [5, 5.41) is 0. The molecule has 1 aromatic heterocycles.